The Morgan fingerprint density at radius 2 is 1.85 bits per heavy atom. The van der Waals surface area contributed by atoms with Crippen LogP contribution in [0.1, 0.15) is 24.8 Å². The molecule has 0 bridgehead atoms. The molecule has 10 heteroatoms. The molecule has 4 rings (SSSR count). The predicted molar refractivity (Wildman–Crippen MR) is 121 cm³/mol. The Balaban J connectivity index is 1.22. The lowest BCUT2D eigenvalue weighted by molar-refractivity contribution is -0.130. The fourth-order valence-corrected chi connectivity index (χ4v) is 3.96. The van der Waals surface area contributed by atoms with Crippen LogP contribution in [0.2, 0.25) is 5.02 Å². The number of carbonyl (C=O) groups excluding carboxylic acids is 2. The maximum Gasteiger partial charge on any atom is 0.319 e. The Kier molecular flexibility index (Phi) is 7.54. The van der Waals surface area contributed by atoms with Crippen molar-refractivity contribution in [2.45, 2.75) is 44.1 Å². The Labute approximate surface area is 196 Å². The number of benzene rings is 2. The van der Waals surface area contributed by atoms with Crippen molar-refractivity contribution in [3.63, 3.8) is 0 Å². The number of aliphatic hydroxyl groups excluding tert-OH is 1. The monoisotopic (exact) mass is 475 g/mol. The van der Waals surface area contributed by atoms with Gasteiger partial charge in [0.1, 0.15) is 6.10 Å². The van der Waals surface area contributed by atoms with Gasteiger partial charge in [-0.2, -0.15) is 0 Å². The van der Waals surface area contributed by atoms with Crippen LogP contribution in [0.3, 0.4) is 0 Å². The first kappa shape index (κ1) is 23.2. The van der Waals surface area contributed by atoms with E-state index in [9.17, 15) is 14.7 Å². The van der Waals surface area contributed by atoms with Gasteiger partial charge in [0.05, 0.1) is 25.2 Å². The van der Waals surface area contributed by atoms with Gasteiger partial charge in [0.2, 0.25) is 12.7 Å². The molecule has 4 N–H and O–H groups in total. The number of amides is 3. The third-order valence-electron chi connectivity index (χ3n) is 5.56. The van der Waals surface area contributed by atoms with E-state index < -0.39 is 12.1 Å². The lowest BCUT2D eigenvalue weighted by Crippen LogP contribution is -2.52. The zero-order valence-electron chi connectivity index (χ0n) is 17.9. The zero-order valence-corrected chi connectivity index (χ0v) is 18.6. The van der Waals surface area contributed by atoms with Crippen molar-refractivity contribution in [1.82, 2.24) is 10.6 Å². The van der Waals surface area contributed by atoms with Crippen LogP contribution < -0.4 is 25.4 Å². The molecule has 1 saturated heterocycles. The van der Waals surface area contributed by atoms with E-state index >= 15 is 0 Å². The van der Waals surface area contributed by atoms with Gasteiger partial charge in [-0.15, -0.1) is 0 Å². The van der Waals surface area contributed by atoms with Gasteiger partial charge >= 0.3 is 6.03 Å². The van der Waals surface area contributed by atoms with Crippen molar-refractivity contribution in [3.8, 4) is 11.5 Å². The fraction of sp³-hybridized carbons (Fsp3) is 0.391. The number of anilines is 1. The molecule has 33 heavy (non-hydrogen) atoms. The van der Waals surface area contributed by atoms with Gasteiger partial charge < -0.3 is 35.3 Å². The number of rotatable bonds is 7. The SMILES string of the molecule is O=C(C[C@@H]1CC[C@@H](NC(=O)Nc2ccc3c(c2)OCO3)[C@@H](CO)O1)NCc1ccc(Cl)cc1. The summed E-state index contributed by atoms with van der Waals surface area (Å²) in [5, 5.41) is 18.9. The first-order valence-electron chi connectivity index (χ1n) is 10.7. The van der Waals surface area contributed by atoms with Crippen LogP contribution in [0.5, 0.6) is 11.5 Å². The molecular formula is C23H26ClN3O6. The molecule has 0 unspecified atom stereocenters. The summed E-state index contributed by atoms with van der Waals surface area (Å²) in [5.74, 6) is 1.06. The number of nitrogens with one attached hydrogen (secondary N) is 3. The van der Waals surface area contributed by atoms with Gasteiger partial charge in [-0.3, -0.25) is 4.79 Å². The van der Waals surface area contributed by atoms with Crippen LogP contribution in [0.15, 0.2) is 42.5 Å². The molecule has 2 aromatic carbocycles. The molecule has 0 aromatic heterocycles. The largest absolute Gasteiger partial charge is 0.454 e. The summed E-state index contributed by atoms with van der Waals surface area (Å²) in [4.78, 5) is 24.7. The van der Waals surface area contributed by atoms with Crippen LogP contribution in [0.4, 0.5) is 10.5 Å². The molecule has 176 valence electrons. The van der Waals surface area contributed by atoms with Crippen LogP contribution in [-0.2, 0) is 16.1 Å². The van der Waals surface area contributed by atoms with Gasteiger partial charge in [-0.25, -0.2) is 4.79 Å². The van der Waals surface area contributed by atoms with Gasteiger partial charge in [0, 0.05) is 23.3 Å². The lowest BCUT2D eigenvalue weighted by atomic mass is 9.97. The predicted octanol–water partition coefficient (Wildman–Crippen LogP) is 2.81. The van der Waals surface area contributed by atoms with E-state index in [-0.39, 0.29) is 37.9 Å². The summed E-state index contributed by atoms with van der Waals surface area (Å²) in [5.41, 5.74) is 1.51. The van der Waals surface area contributed by atoms with Crippen molar-refractivity contribution >= 4 is 29.2 Å². The number of hydrogen-bond donors (Lipinski definition) is 4. The Bertz CT molecular complexity index is 987. The third-order valence-corrected chi connectivity index (χ3v) is 5.81. The Morgan fingerprint density at radius 1 is 1.06 bits per heavy atom. The highest BCUT2D eigenvalue weighted by Gasteiger charge is 2.33. The van der Waals surface area contributed by atoms with E-state index in [1.807, 2.05) is 12.1 Å². The summed E-state index contributed by atoms with van der Waals surface area (Å²) in [6, 6.07) is 11.6. The number of fused-ring (bicyclic) bond motifs is 1. The maximum atomic E-state index is 12.4. The van der Waals surface area contributed by atoms with E-state index in [2.05, 4.69) is 16.0 Å². The summed E-state index contributed by atoms with van der Waals surface area (Å²) in [6.45, 7) is 0.289. The highest BCUT2D eigenvalue weighted by atomic mass is 35.5. The molecule has 9 nitrogen and oxygen atoms in total. The van der Waals surface area contributed by atoms with Crippen molar-refractivity contribution in [2.75, 3.05) is 18.7 Å². The summed E-state index contributed by atoms with van der Waals surface area (Å²) < 4.78 is 16.5. The summed E-state index contributed by atoms with van der Waals surface area (Å²) >= 11 is 5.87. The summed E-state index contributed by atoms with van der Waals surface area (Å²) in [7, 11) is 0. The van der Waals surface area contributed by atoms with Gasteiger partial charge in [-0.1, -0.05) is 23.7 Å². The smallest absolute Gasteiger partial charge is 0.319 e. The number of ether oxygens (including phenoxy) is 3. The van der Waals surface area contributed by atoms with Crippen LogP contribution in [0, 0.1) is 0 Å². The van der Waals surface area contributed by atoms with Gasteiger partial charge in [0.25, 0.3) is 0 Å². The maximum absolute atomic E-state index is 12.4. The van der Waals surface area contributed by atoms with Crippen molar-refractivity contribution in [3.05, 3.63) is 53.1 Å². The second-order valence-corrected chi connectivity index (χ2v) is 8.37. The highest BCUT2D eigenvalue weighted by molar-refractivity contribution is 6.30. The number of halogens is 1. The normalized spacial score (nSPS) is 21.3. The first-order chi connectivity index (χ1) is 16.0. The number of hydrogen-bond acceptors (Lipinski definition) is 6. The molecule has 0 aliphatic carbocycles. The Hall–Kier alpha value is -3.01. The average Bonchev–Trinajstić information content (AvgIpc) is 3.27. The van der Waals surface area contributed by atoms with E-state index in [1.54, 1.807) is 30.3 Å². The van der Waals surface area contributed by atoms with Crippen molar-refractivity contribution < 1.29 is 28.9 Å². The molecule has 2 aromatic rings. The number of carbonyl (C=O) groups is 2. The molecule has 2 aliphatic heterocycles. The van der Waals surface area contributed by atoms with Crippen molar-refractivity contribution in [1.29, 1.82) is 0 Å². The third kappa shape index (κ3) is 6.28. The van der Waals surface area contributed by atoms with Crippen LogP contribution >= 0.6 is 11.6 Å². The minimum Gasteiger partial charge on any atom is -0.454 e. The first-order valence-corrected chi connectivity index (χ1v) is 11.1. The van der Waals surface area contributed by atoms with Crippen LogP contribution in [0.25, 0.3) is 0 Å². The minimum absolute atomic E-state index is 0.140. The second-order valence-electron chi connectivity index (χ2n) is 7.94. The number of aliphatic hydroxyl groups is 1. The van der Waals surface area contributed by atoms with E-state index in [1.165, 1.54) is 0 Å². The number of urea groups is 1. The topological polar surface area (TPSA) is 118 Å². The molecule has 3 atom stereocenters. The van der Waals surface area contributed by atoms with Gasteiger partial charge in [-0.05, 0) is 42.7 Å². The molecule has 3 amide bonds. The zero-order chi connectivity index (χ0) is 23.2. The van der Waals surface area contributed by atoms with E-state index in [0.717, 1.165) is 5.56 Å². The minimum atomic E-state index is -0.602. The molecule has 0 spiro atoms. The highest BCUT2D eigenvalue weighted by Crippen LogP contribution is 2.34. The molecule has 0 saturated carbocycles. The second kappa shape index (κ2) is 10.7. The van der Waals surface area contributed by atoms with Crippen LogP contribution in [-0.4, -0.2) is 48.7 Å². The fourth-order valence-electron chi connectivity index (χ4n) is 3.84. The Morgan fingerprint density at radius 3 is 2.64 bits per heavy atom. The molecule has 0 radical (unpaired) electrons. The average molecular weight is 476 g/mol. The molecule has 1 fully saturated rings. The van der Waals surface area contributed by atoms with E-state index in [0.29, 0.717) is 41.6 Å². The van der Waals surface area contributed by atoms with Crippen molar-refractivity contribution in [2.24, 2.45) is 0 Å². The molecule has 2 heterocycles. The molecular weight excluding hydrogens is 450 g/mol. The quantitative estimate of drug-likeness (QED) is 0.489. The van der Waals surface area contributed by atoms with E-state index in [4.69, 9.17) is 25.8 Å². The standard InChI is InChI=1S/C23H26ClN3O6/c24-15-3-1-14(2-4-15)11-25-22(29)10-17-6-7-18(21(12-28)33-17)27-23(30)26-16-5-8-19-20(9-16)32-13-31-19/h1-5,8-9,17-18,21,28H,6-7,10-13H2,(H,25,29)(H2,26,27,30)/t17-,18+,21+/m0/s1. The van der Waals surface area contributed by atoms with Gasteiger partial charge in [0.15, 0.2) is 11.5 Å². The summed E-state index contributed by atoms with van der Waals surface area (Å²) in [6.07, 6.45) is 0.409. The lowest BCUT2D eigenvalue weighted by Gasteiger charge is -2.35. The molecule has 2 aliphatic rings.